The summed E-state index contributed by atoms with van der Waals surface area (Å²) in [5, 5.41) is 8.64. The van der Waals surface area contributed by atoms with Crippen molar-refractivity contribution in [3.05, 3.63) is 54.1 Å². The summed E-state index contributed by atoms with van der Waals surface area (Å²) < 4.78 is 5.70. The monoisotopic (exact) mass is 441 g/mol. The van der Waals surface area contributed by atoms with Crippen LogP contribution in [-0.2, 0) is 4.79 Å². The standard InChI is InChI=1S/C24H31N3O3S/c1-4-5-6-7-16-30-21-14-8-18(9-15-21)23(29)27-24(31)26-20-12-10-19(11-13-20)25-22(28)17(2)3/h8-15,17H,4-7,16H2,1-3H3,(H,25,28)(H2,26,27,29,31). The van der Waals surface area contributed by atoms with E-state index in [2.05, 4.69) is 22.9 Å². The van der Waals surface area contributed by atoms with Gasteiger partial charge in [-0.05, 0) is 67.2 Å². The molecule has 7 heteroatoms. The fourth-order valence-corrected chi connectivity index (χ4v) is 2.89. The van der Waals surface area contributed by atoms with Gasteiger partial charge in [-0.25, -0.2) is 0 Å². The van der Waals surface area contributed by atoms with Crippen molar-refractivity contribution < 1.29 is 14.3 Å². The second kappa shape index (κ2) is 12.7. The second-order valence-corrected chi connectivity index (χ2v) is 7.97. The summed E-state index contributed by atoms with van der Waals surface area (Å²) in [7, 11) is 0. The summed E-state index contributed by atoms with van der Waals surface area (Å²) in [6.45, 7) is 6.53. The van der Waals surface area contributed by atoms with Crippen LogP contribution in [0.5, 0.6) is 5.75 Å². The molecule has 0 aliphatic rings. The van der Waals surface area contributed by atoms with Crippen LogP contribution in [0.2, 0.25) is 0 Å². The molecule has 2 aromatic carbocycles. The Kier molecular flexibility index (Phi) is 9.97. The quantitative estimate of drug-likeness (QED) is 0.341. The Morgan fingerprint density at radius 2 is 1.52 bits per heavy atom. The Hall–Kier alpha value is -2.93. The number of amides is 2. The van der Waals surface area contributed by atoms with Gasteiger partial charge >= 0.3 is 0 Å². The molecule has 0 unspecified atom stereocenters. The van der Waals surface area contributed by atoms with Crippen LogP contribution in [-0.4, -0.2) is 23.5 Å². The third kappa shape index (κ3) is 8.76. The Morgan fingerprint density at radius 3 is 2.10 bits per heavy atom. The molecule has 0 fully saturated rings. The van der Waals surface area contributed by atoms with Crippen LogP contribution in [0.3, 0.4) is 0 Å². The smallest absolute Gasteiger partial charge is 0.257 e. The lowest BCUT2D eigenvalue weighted by Gasteiger charge is -2.12. The van der Waals surface area contributed by atoms with Gasteiger partial charge in [-0.2, -0.15) is 0 Å². The summed E-state index contributed by atoms with van der Waals surface area (Å²) in [5.74, 6) is 0.314. The Morgan fingerprint density at radius 1 is 0.903 bits per heavy atom. The molecule has 3 N–H and O–H groups in total. The van der Waals surface area contributed by atoms with Crippen LogP contribution in [0.25, 0.3) is 0 Å². The number of ether oxygens (including phenoxy) is 1. The minimum Gasteiger partial charge on any atom is -0.494 e. The van der Waals surface area contributed by atoms with Crippen molar-refractivity contribution in [2.24, 2.45) is 5.92 Å². The first-order valence-electron chi connectivity index (χ1n) is 10.6. The first kappa shape index (κ1) is 24.3. The highest BCUT2D eigenvalue weighted by Crippen LogP contribution is 2.15. The Bertz CT molecular complexity index is 865. The van der Waals surface area contributed by atoms with Crippen molar-refractivity contribution in [2.45, 2.75) is 46.5 Å². The topological polar surface area (TPSA) is 79.5 Å². The molecule has 0 aromatic heterocycles. The summed E-state index contributed by atoms with van der Waals surface area (Å²) in [6.07, 6.45) is 4.61. The van der Waals surface area contributed by atoms with E-state index in [1.807, 2.05) is 13.8 Å². The van der Waals surface area contributed by atoms with Gasteiger partial charge in [-0.1, -0.05) is 40.0 Å². The number of carbonyl (C=O) groups excluding carboxylic acids is 2. The van der Waals surface area contributed by atoms with E-state index >= 15 is 0 Å². The maximum absolute atomic E-state index is 12.4. The zero-order chi connectivity index (χ0) is 22.6. The van der Waals surface area contributed by atoms with E-state index in [1.54, 1.807) is 48.5 Å². The molecule has 0 spiro atoms. The fraction of sp³-hybridized carbons (Fsp3) is 0.375. The molecule has 2 rings (SSSR count). The van der Waals surface area contributed by atoms with Gasteiger partial charge in [-0.3, -0.25) is 14.9 Å². The van der Waals surface area contributed by atoms with Crippen molar-refractivity contribution in [2.75, 3.05) is 17.2 Å². The fourth-order valence-electron chi connectivity index (χ4n) is 2.68. The van der Waals surface area contributed by atoms with E-state index in [1.165, 1.54) is 12.8 Å². The lowest BCUT2D eigenvalue weighted by atomic mass is 10.2. The van der Waals surface area contributed by atoms with Gasteiger partial charge in [-0.15, -0.1) is 0 Å². The van der Waals surface area contributed by atoms with E-state index < -0.39 is 0 Å². The predicted molar refractivity (Wildman–Crippen MR) is 130 cm³/mol. The van der Waals surface area contributed by atoms with Gasteiger partial charge in [0.2, 0.25) is 5.91 Å². The number of thiocarbonyl (C=S) groups is 1. The molecule has 0 aliphatic heterocycles. The number of benzene rings is 2. The largest absolute Gasteiger partial charge is 0.494 e. The number of carbonyl (C=O) groups is 2. The van der Waals surface area contributed by atoms with Crippen molar-refractivity contribution >= 4 is 40.5 Å². The molecule has 0 saturated heterocycles. The van der Waals surface area contributed by atoms with Gasteiger partial charge in [0.05, 0.1) is 6.61 Å². The molecule has 0 aliphatic carbocycles. The molecule has 166 valence electrons. The van der Waals surface area contributed by atoms with Crippen LogP contribution in [0.1, 0.15) is 56.8 Å². The van der Waals surface area contributed by atoms with Gasteiger partial charge in [0.1, 0.15) is 5.75 Å². The van der Waals surface area contributed by atoms with Crippen molar-refractivity contribution in [3.63, 3.8) is 0 Å². The first-order valence-corrected chi connectivity index (χ1v) is 11.1. The third-order valence-electron chi connectivity index (χ3n) is 4.54. The Balaban J connectivity index is 1.80. The number of nitrogens with one attached hydrogen (secondary N) is 3. The van der Waals surface area contributed by atoms with Crippen LogP contribution in [0, 0.1) is 5.92 Å². The van der Waals surface area contributed by atoms with E-state index in [0.29, 0.717) is 23.5 Å². The highest BCUT2D eigenvalue weighted by Gasteiger charge is 2.09. The van der Waals surface area contributed by atoms with E-state index in [4.69, 9.17) is 17.0 Å². The van der Waals surface area contributed by atoms with E-state index in [9.17, 15) is 9.59 Å². The highest BCUT2D eigenvalue weighted by atomic mass is 32.1. The predicted octanol–water partition coefficient (Wildman–Crippen LogP) is 5.37. The molecular formula is C24H31N3O3S. The zero-order valence-electron chi connectivity index (χ0n) is 18.4. The average molecular weight is 442 g/mol. The number of rotatable bonds is 10. The molecule has 6 nitrogen and oxygen atoms in total. The number of hydrogen-bond donors (Lipinski definition) is 3. The minimum atomic E-state index is -0.298. The number of anilines is 2. The van der Waals surface area contributed by atoms with Crippen LogP contribution < -0.4 is 20.7 Å². The van der Waals surface area contributed by atoms with Crippen LogP contribution in [0.4, 0.5) is 11.4 Å². The lowest BCUT2D eigenvalue weighted by molar-refractivity contribution is -0.118. The van der Waals surface area contributed by atoms with Crippen molar-refractivity contribution in [1.29, 1.82) is 0 Å². The van der Waals surface area contributed by atoms with Crippen LogP contribution in [0.15, 0.2) is 48.5 Å². The lowest BCUT2D eigenvalue weighted by Crippen LogP contribution is -2.34. The van der Waals surface area contributed by atoms with Crippen molar-refractivity contribution in [1.82, 2.24) is 5.32 Å². The van der Waals surface area contributed by atoms with Gasteiger partial charge in [0, 0.05) is 22.9 Å². The minimum absolute atomic E-state index is 0.0450. The first-order chi connectivity index (χ1) is 14.9. The second-order valence-electron chi connectivity index (χ2n) is 7.56. The molecule has 0 bridgehead atoms. The summed E-state index contributed by atoms with van der Waals surface area (Å²) >= 11 is 5.23. The summed E-state index contributed by atoms with van der Waals surface area (Å²) in [5.41, 5.74) is 1.90. The maximum Gasteiger partial charge on any atom is 0.257 e. The molecular weight excluding hydrogens is 410 g/mol. The molecule has 0 saturated carbocycles. The third-order valence-corrected chi connectivity index (χ3v) is 4.75. The van der Waals surface area contributed by atoms with E-state index in [0.717, 1.165) is 18.6 Å². The normalized spacial score (nSPS) is 10.5. The molecule has 0 radical (unpaired) electrons. The van der Waals surface area contributed by atoms with Gasteiger partial charge in [0.15, 0.2) is 5.11 Å². The summed E-state index contributed by atoms with van der Waals surface area (Å²) in [4.78, 5) is 24.1. The van der Waals surface area contributed by atoms with Crippen LogP contribution >= 0.6 is 12.2 Å². The molecule has 2 aromatic rings. The van der Waals surface area contributed by atoms with Gasteiger partial charge < -0.3 is 15.4 Å². The van der Waals surface area contributed by atoms with Gasteiger partial charge in [0.25, 0.3) is 5.91 Å². The number of unbranched alkanes of at least 4 members (excludes halogenated alkanes) is 3. The molecule has 0 atom stereocenters. The van der Waals surface area contributed by atoms with E-state index in [-0.39, 0.29) is 22.8 Å². The average Bonchev–Trinajstić information content (AvgIpc) is 2.75. The molecule has 0 heterocycles. The highest BCUT2D eigenvalue weighted by molar-refractivity contribution is 7.80. The van der Waals surface area contributed by atoms with Crippen molar-refractivity contribution in [3.8, 4) is 5.75 Å². The summed E-state index contributed by atoms with van der Waals surface area (Å²) in [6, 6.07) is 14.1. The molecule has 31 heavy (non-hydrogen) atoms. The maximum atomic E-state index is 12.4. The Labute approximate surface area is 189 Å². The number of hydrogen-bond acceptors (Lipinski definition) is 4. The zero-order valence-corrected chi connectivity index (χ0v) is 19.2. The molecule has 2 amide bonds. The SMILES string of the molecule is CCCCCCOc1ccc(C(=O)NC(=S)Nc2ccc(NC(=O)C(C)C)cc2)cc1.